The zero-order chi connectivity index (χ0) is 18.3. The summed E-state index contributed by atoms with van der Waals surface area (Å²) in [6.45, 7) is 4.32. The Balaban J connectivity index is 1.65. The largest absolute Gasteiger partial charge is 0.299 e. The molecule has 0 unspecified atom stereocenters. The molecule has 2 aliphatic rings. The summed E-state index contributed by atoms with van der Waals surface area (Å²) in [6.07, 6.45) is 6.01. The highest BCUT2D eigenvalue weighted by molar-refractivity contribution is 7.90. The lowest BCUT2D eigenvalue weighted by molar-refractivity contribution is 0.220. The molecule has 26 heavy (non-hydrogen) atoms. The minimum atomic E-state index is -3.16. The van der Waals surface area contributed by atoms with Gasteiger partial charge in [-0.15, -0.1) is 0 Å². The summed E-state index contributed by atoms with van der Waals surface area (Å²) in [6, 6.07) is 15.3. The molecule has 0 N–H and O–H groups in total. The number of benzene rings is 2. The van der Waals surface area contributed by atoms with Crippen LogP contribution < -0.4 is 0 Å². The molecule has 0 amide bonds. The molecule has 2 aromatic carbocycles. The Morgan fingerprint density at radius 1 is 1.08 bits per heavy atom. The van der Waals surface area contributed by atoms with Gasteiger partial charge in [0.05, 0.1) is 4.90 Å². The number of rotatable bonds is 4. The van der Waals surface area contributed by atoms with E-state index >= 15 is 0 Å². The van der Waals surface area contributed by atoms with E-state index in [-0.39, 0.29) is 0 Å². The lowest BCUT2D eigenvalue weighted by atomic mass is 9.89. The first kappa shape index (κ1) is 17.7. The maximum absolute atomic E-state index is 11.9. The molecule has 3 nitrogen and oxygen atoms in total. The summed E-state index contributed by atoms with van der Waals surface area (Å²) >= 11 is 0. The van der Waals surface area contributed by atoms with Gasteiger partial charge >= 0.3 is 0 Å². The van der Waals surface area contributed by atoms with Crippen molar-refractivity contribution < 1.29 is 8.42 Å². The van der Waals surface area contributed by atoms with E-state index in [1.54, 1.807) is 6.07 Å². The molecule has 4 rings (SSSR count). The summed E-state index contributed by atoms with van der Waals surface area (Å²) in [7, 11) is -3.16. The Morgan fingerprint density at radius 2 is 1.81 bits per heavy atom. The van der Waals surface area contributed by atoms with Gasteiger partial charge in [-0.1, -0.05) is 36.4 Å². The molecule has 1 aliphatic heterocycles. The highest BCUT2D eigenvalue weighted by Gasteiger charge is 2.36. The minimum absolute atomic E-state index is 0.448. The van der Waals surface area contributed by atoms with Gasteiger partial charge in [0.2, 0.25) is 0 Å². The van der Waals surface area contributed by atoms with E-state index in [9.17, 15) is 8.42 Å². The minimum Gasteiger partial charge on any atom is -0.299 e. The Morgan fingerprint density at radius 3 is 2.50 bits per heavy atom. The van der Waals surface area contributed by atoms with Crippen LogP contribution in [0.3, 0.4) is 0 Å². The van der Waals surface area contributed by atoms with Crippen molar-refractivity contribution in [2.24, 2.45) is 0 Å². The maximum atomic E-state index is 11.9. The SMILES string of the molecule is Cc1cc(C[C@H]2c3ccccc3C[C@@H]2N2CCCC2)ccc1S(C)(=O)=O. The Kier molecular flexibility index (Phi) is 4.66. The molecule has 2 aromatic rings. The first-order chi connectivity index (χ1) is 12.4. The number of sulfone groups is 1. The van der Waals surface area contributed by atoms with Gasteiger partial charge in [0.25, 0.3) is 0 Å². The van der Waals surface area contributed by atoms with Crippen molar-refractivity contribution in [3.63, 3.8) is 0 Å². The topological polar surface area (TPSA) is 37.4 Å². The first-order valence-electron chi connectivity index (χ1n) is 9.55. The third kappa shape index (κ3) is 3.33. The molecular formula is C22H27NO2S. The van der Waals surface area contributed by atoms with Crippen LogP contribution in [0.4, 0.5) is 0 Å². The number of nitrogens with zero attached hydrogens (tertiary/aromatic N) is 1. The van der Waals surface area contributed by atoms with Gasteiger partial charge in [-0.25, -0.2) is 8.42 Å². The predicted octanol–water partition coefficient (Wildman–Crippen LogP) is 3.75. The van der Waals surface area contributed by atoms with Crippen LogP contribution in [0.25, 0.3) is 0 Å². The highest BCUT2D eigenvalue weighted by Crippen LogP contribution is 2.39. The van der Waals surface area contributed by atoms with Crippen LogP contribution in [0.1, 0.15) is 41.0 Å². The molecule has 0 saturated carbocycles. The summed E-state index contributed by atoms with van der Waals surface area (Å²) < 4.78 is 23.8. The molecule has 0 aromatic heterocycles. The Bertz CT molecular complexity index is 913. The van der Waals surface area contributed by atoms with E-state index in [1.807, 2.05) is 13.0 Å². The molecule has 4 heteroatoms. The molecule has 0 radical (unpaired) electrons. The first-order valence-corrected chi connectivity index (χ1v) is 11.4. The van der Waals surface area contributed by atoms with Gasteiger partial charge in [0, 0.05) is 18.2 Å². The van der Waals surface area contributed by atoms with E-state index in [1.165, 1.54) is 48.9 Å². The normalized spacial score (nSPS) is 23.3. The van der Waals surface area contributed by atoms with Crippen LogP contribution in [0.2, 0.25) is 0 Å². The summed E-state index contributed by atoms with van der Waals surface area (Å²) in [4.78, 5) is 3.12. The number of aryl methyl sites for hydroxylation is 1. The second-order valence-corrected chi connectivity index (χ2v) is 9.88. The predicted molar refractivity (Wildman–Crippen MR) is 105 cm³/mol. The van der Waals surface area contributed by atoms with Gasteiger partial charge in [0.15, 0.2) is 9.84 Å². The van der Waals surface area contributed by atoms with Crippen LogP contribution in [-0.2, 0) is 22.7 Å². The monoisotopic (exact) mass is 369 g/mol. The van der Waals surface area contributed by atoms with Crippen molar-refractivity contribution in [1.82, 2.24) is 4.90 Å². The van der Waals surface area contributed by atoms with Crippen LogP contribution in [0.5, 0.6) is 0 Å². The zero-order valence-corrected chi connectivity index (χ0v) is 16.4. The molecule has 2 atom stereocenters. The van der Waals surface area contributed by atoms with Crippen molar-refractivity contribution in [3.8, 4) is 0 Å². The fourth-order valence-electron chi connectivity index (χ4n) is 4.87. The number of hydrogen-bond donors (Lipinski definition) is 0. The summed E-state index contributed by atoms with van der Waals surface area (Å²) in [5, 5.41) is 0. The standard InChI is InChI=1S/C22H27NO2S/c1-16-13-17(9-10-22(16)26(2,24)25)14-20-19-8-4-3-7-18(19)15-21(20)23-11-5-6-12-23/h3-4,7-10,13,20-21H,5-6,11-12,14-15H2,1-2H3/t20-,21-/m0/s1. The molecule has 0 spiro atoms. The number of likely N-dealkylation sites (tertiary alicyclic amines) is 1. The molecule has 1 fully saturated rings. The second-order valence-electron chi connectivity index (χ2n) is 7.90. The van der Waals surface area contributed by atoms with E-state index in [4.69, 9.17) is 0 Å². The van der Waals surface area contributed by atoms with Gasteiger partial charge in [0.1, 0.15) is 0 Å². The highest BCUT2D eigenvalue weighted by atomic mass is 32.2. The van der Waals surface area contributed by atoms with Crippen LogP contribution >= 0.6 is 0 Å². The fraction of sp³-hybridized carbons (Fsp3) is 0.455. The van der Waals surface area contributed by atoms with Crippen LogP contribution in [0, 0.1) is 6.92 Å². The lowest BCUT2D eigenvalue weighted by Gasteiger charge is -2.30. The van der Waals surface area contributed by atoms with Gasteiger partial charge < -0.3 is 0 Å². The Hall–Kier alpha value is -1.65. The number of hydrogen-bond acceptors (Lipinski definition) is 3. The summed E-state index contributed by atoms with van der Waals surface area (Å²) in [5.41, 5.74) is 5.06. The van der Waals surface area contributed by atoms with E-state index in [0.29, 0.717) is 16.9 Å². The van der Waals surface area contributed by atoms with Crippen molar-refractivity contribution in [2.45, 2.75) is 49.5 Å². The van der Waals surface area contributed by atoms with Crippen molar-refractivity contribution in [2.75, 3.05) is 19.3 Å². The van der Waals surface area contributed by atoms with Crippen molar-refractivity contribution >= 4 is 9.84 Å². The van der Waals surface area contributed by atoms with E-state index < -0.39 is 9.84 Å². The van der Waals surface area contributed by atoms with Crippen molar-refractivity contribution in [3.05, 3.63) is 64.7 Å². The van der Waals surface area contributed by atoms with Crippen LogP contribution in [0.15, 0.2) is 47.4 Å². The van der Waals surface area contributed by atoms with E-state index in [2.05, 4.69) is 35.2 Å². The lowest BCUT2D eigenvalue weighted by Crippen LogP contribution is -2.36. The quantitative estimate of drug-likeness (QED) is 0.824. The zero-order valence-electron chi connectivity index (χ0n) is 15.6. The smallest absolute Gasteiger partial charge is 0.175 e. The maximum Gasteiger partial charge on any atom is 0.175 e. The van der Waals surface area contributed by atoms with Gasteiger partial charge in [-0.05, 0) is 74.0 Å². The summed E-state index contributed by atoms with van der Waals surface area (Å²) in [5.74, 6) is 0.493. The number of fused-ring (bicyclic) bond motifs is 1. The molecule has 0 bridgehead atoms. The average Bonchev–Trinajstić information content (AvgIpc) is 3.22. The molecule has 1 saturated heterocycles. The van der Waals surface area contributed by atoms with Crippen molar-refractivity contribution in [1.29, 1.82) is 0 Å². The molecule has 138 valence electrons. The molecule has 1 aliphatic carbocycles. The average molecular weight is 370 g/mol. The van der Waals surface area contributed by atoms with Crippen LogP contribution in [-0.4, -0.2) is 38.7 Å². The van der Waals surface area contributed by atoms with Gasteiger partial charge in [-0.3, -0.25) is 4.90 Å². The third-order valence-electron chi connectivity index (χ3n) is 6.05. The fourth-order valence-corrected chi connectivity index (χ4v) is 5.83. The second kappa shape index (κ2) is 6.82. The third-order valence-corrected chi connectivity index (χ3v) is 7.31. The van der Waals surface area contributed by atoms with Gasteiger partial charge in [-0.2, -0.15) is 0 Å². The molecular weight excluding hydrogens is 342 g/mol. The Labute approximate surface area is 157 Å². The van der Waals surface area contributed by atoms with E-state index in [0.717, 1.165) is 18.4 Å². The molecule has 1 heterocycles.